The number of fused-ring (bicyclic) bond motifs is 1. The quantitative estimate of drug-likeness (QED) is 0.335. The van der Waals surface area contributed by atoms with Gasteiger partial charge in [-0.2, -0.15) is 0 Å². The first kappa shape index (κ1) is 23.9. The second kappa shape index (κ2) is 10.4. The lowest BCUT2D eigenvalue weighted by Gasteiger charge is -2.24. The minimum Gasteiger partial charge on any atom is -0.490 e. The van der Waals surface area contributed by atoms with Crippen molar-refractivity contribution in [3.05, 3.63) is 108 Å². The molecular formula is C26H23BrN2O4S. The monoisotopic (exact) mass is 538 g/mol. The summed E-state index contributed by atoms with van der Waals surface area (Å²) in [6, 6.07) is 14.4. The molecule has 0 radical (unpaired) electrons. The van der Waals surface area contributed by atoms with Gasteiger partial charge in [-0.3, -0.25) is 9.36 Å². The first-order valence-electron chi connectivity index (χ1n) is 10.7. The zero-order valence-electron chi connectivity index (χ0n) is 18.8. The maximum absolute atomic E-state index is 13.6. The average Bonchev–Trinajstić information content (AvgIpc) is 3.12. The minimum absolute atomic E-state index is 0.210. The van der Waals surface area contributed by atoms with Crippen molar-refractivity contribution >= 4 is 39.3 Å². The molecule has 2 aromatic carbocycles. The van der Waals surface area contributed by atoms with Crippen molar-refractivity contribution in [1.82, 2.24) is 4.57 Å². The Morgan fingerprint density at radius 2 is 1.91 bits per heavy atom. The molecule has 1 aliphatic heterocycles. The fourth-order valence-electron chi connectivity index (χ4n) is 3.72. The van der Waals surface area contributed by atoms with E-state index in [9.17, 15) is 9.59 Å². The molecule has 34 heavy (non-hydrogen) atoms. The number of hydrogen-bond donors (Lipinski definition) is 0. The molecular weight excluding hydrogens is 516 g/mol. The first-order chi connectivity index (χ1) is 16.4. The van der Waals surface area contributed by atoms with Gasteiger partial charge in [0.15, 0.2) is 4.80 Å². The average molecular weight is 539 g/mol. The highest BCUT2D eigenvalue weighted by Gasteiger charge is 2.33. The molecule has 8 heteroatoms. The third-order valence-electron chi connectivity index (χ3n) is 5.25. The van der Waals surface area contributed by atoms with Gasteiger partial charge in [-0.25, -0.2) is 9.79 Å². The summed E-state index contributed by atoms with van der Waals surface area (Å²) >= 11 is 4.74. The molecule has 1 atom stereocenters. The maximum atomic E-state index is 13.6. The van der Waals surface area contributed by atoms with Gasteiger partial charge in [0.1, 0.15) is 12.4 Å². The molecule has 0 amide bonds. The van der Waals surface area contributed by atoms with Crippen LogP contribution < -0.4 is 19.6 Å². The lowest BCUT2D eigenvalue weighted by atomic mass is 9.96. The predicted octanol–water partition coefficient (Wildman–Crippen LogP) is 4.13. The second-order valence-electron chi connectivity index (χ2n) is 7.52. The fraction of sp³-hybridized carbons (Fsp3) is 0.192. The summed E-state index contributed by atoms with van der Waals surface area (Å²) in [5.41, 5.74) is 2.36. The van der Waals surface area contributed by atoms with Crippen LogP contribution in [0.2, 0.25) is 0 Å². The standard InChI is InChI=1S/C26H23BrN2O4S/c1-4-14-33-20-12-6-17(7-13-20)15-21-24(30)29-23(18-8-10-19(27)11-9-18)22(25(31)32-5-2)16(3)28-26(29)34-21/h4,6-13,15,23H,1,5,14H2,2-3H3. The number of allylic oxidation sites excluding steroid dienone is 1. The summed E-state index contributed by atoms with van der Waals surface area (Å²) in [5.74, 6) is 0.254. The summed E-state index contributed by atoms with van der Waals surface area (Å²) in [6.45, 7) is 7.84. The van der Waals surface area contributed by atoms with Crippen LogP contribution in [0.5, 0.6) is 5.75 Å². The van der Waals surface area contributed by atoms with Crippen molar-refractivity contribution < 1.29 is 14.3 Å². The number of benzene rings is 2. The Labute approximate surface area is 209 Å². The number of thiazole rings is 1. The van der Waals surface area contributed by atoms with Gasteiger partial charge in [0.05, 0.1) is 28.5 Å². The Morgan fingerprint density at radius 1 is 1.21 bits per heavy atom. The summed E-state index contributed by atoms with van der Waals surface area (Å²) in [4.78, 5) is 31.6. The number of ether oxygens (including phenoxy) is 2. The number of nitrogens with zero attached hydrogens (tertiary/aromatic N) is 2. The van der Waals surface area contributed by atoms with Crippen molar-refractivity contribution in [2.75, 3.05) is 13.2 Å². The van der Waals surface area contributed by atoms with Gasteiger partial charge < -0.3 is 9.47 Å². The molecule has 0 N–H and O–H groups in total. The van der Waals surface area contributed by atoms with E-state index in [0.29, 0.717) is 27.2 Å². The van der Waals surface area contributed by atoms with Gasteiger partial charge >= 0.3 is 5.97 Å². The second-order valence-corrected chi connectivity index (χ2v) is 9.45. The predicted molar refractivity (Wildman–Crippen MR) is 137 cm³/mol. The van der Waals surface area contributed by atoms with Gasteiger partial charge in [-0.15, -0.1) is 0 Å². The van der Waals surface area contributed by atoms with Crippen LogP contribution in [-0.4, -0.2) is 23.8 Å². The Bertz CT molecular complexity index is 1430. The van der Waals surface area contributed by atoms with Crippen LogP contribution in [0, 0.1) is 0 Å². The molecule has 0 fully saturated rings. The highest BCUT2D eigenvalue weighted by Crippen LogP contribution is 2.31. The summed E-state index contributed by atoms with van der Waals surface area (Å²) in [6.07, 6.45) is 3.51. The lowest BCUT2D eigenvalue weighted by molar-refractivity contribution is -0.139. The number of carbonyl (C=O) groups is 1. The molecule has 0 bridgehead atoms. The molecule has 1 unspecified atom stereocenters. The van der Waals surface area contributed by atoms with Crippen molar-refractivity contribution in [2.45, 2.75) is 19.9 Å². The Kier molecular flexibility index (Phi) is 7.29. The van der Waals surface area contributed by atoms with Crippen LogP contribution >= 0.6 is 27.3 Å². The molecule has 1 aromatic heterocycles. The zero-order chi connectivity index (χ0) is 24.2. The van der Waals surface area contributed by atoms with E-state index in [0.717, 1.165) is 21.3 Å². The normalized spacial score (nSPS) is 15.5. The van der Waals surface area contributed by atoms with Gasteiger partial charge in [0.25, 0.3) is 5.56 Å². The van der Waals surface area contributed by atoms with Crippen LogP contribution in [0.3, 0.4) is 0 Å². The molecule has 0 saturated heterocycles. The van der Waals surface area contributed by atoms with E-state index in [2.05, 4.69) is 27.5 Å². The molecule has 4 rings (SSSR count). The van der Waals surface area contributed by atoms with Crippen molar-refractivity contribution in [2.24, 2.45) is 4.99 Å². The Hall–Kier alpha value is -3.23. The van der Waals surface area contributed by atoms with E-state index in [1.807, 2.05) is 54.6 Å². The topological polar surface area (TPSA) is 69.9 Å². The maximum Gasteiger partial charge on any atom is 0.338 e. The molecule has 174 valence electrons. The third kappa shape index (κ3) is 4.83. The fourth-order valence-corrected chi connectivity index (χ4v) is 5.03. The molecule has 0 saturated carbocycles. The van der Waals surface area contributed by atoms with Crippen LogP contribution in [0.25, 0.3) is 6.08 Å². The first-order valence-corrected chi connectivity index (χ1v) is 12.3. The molecule has 0 aliphatic carbocycles. The number of esters is 1. The van der Waals surface area contributed by atoms with E-state index >= 15 is 0 Å². The molecule has 1 aliphatic rings. The SMILES string of the molecule is C=CCOc1ccc(C=c2sc3n(c2=O)C(c2ccc(Br)cc2)C(C(=O)OCC)=C(C)N=3)cc1. The molecule has 2 heterocycles. The van der Waals surface area contributed by atoms with Gasteiger partial charge in [0, 0.05) is 4.47 Å². The van der Waals surface area contributed by atoms with E-state index in [-0.39, 0.29) is 12.2 Å². The molecule has 3 aromatic rings. The number of carbonyl (C=O) groups excluding carboxylic acids is 1. The summed E-state index contributed by atoms with van der Waals surface area (Å²) in [5, 5.41) is 0. The highest BCUT2D eigenvalue weighted by atomic mass is 79.9. The van der Waals surface area contributed by atoms with E-state index in [1.54, 1.807) is 24.5 Å². The minimum atomic E-state index is -0.625. The van der Waals surface area contributed by atoms with Crippen molar-refractivity contribution in [1.29, 1.82) is 0 Å². The van der Waals surface area contributed by atoms with Crippen LogP contribution in [-0.2, 0) is 9.53 Å². The van der Waals surface area contributed by atoms with E-state index < -0.39 is 12.0 Å². The number of rotatable bonds is 7. The smallest absolute Gasteiger partial charge is 0.338 e. The number of aromatic nitrogens is 1. The van der Waals surface area contributed by atoms with E-state index in [4.69, 9.17) is 9.47 Å². The summed E-state index contributed by atoms with van der Waals surface area (Å²) < 4.78 is 13.9. The van der Waals surface area contributed by atoms with Crippen LogP contribution in [0.15, 0.2) is 86.7 Å². The van der Waals surface area contributed by atoms with E-state index in [1.165, 1.54) is 11.3 Å². The number of halogens is 1. The lowest BCUT2D eigenvalue weighted by Crippen LogP contribution is -2.39. The summed E-state index contributed by atoms with van der Waals surface area (Å²) in [7, 11) is 0. The zero-order valence-corrected chi connectivity index (χ0v) is 21.2. The molecule has 0 spiro atoms. The Balaban J connectivity index is 1.84. The third-order valence-corrected chi connectivity index (χ3v) is 6.76. The van der Waals surface area contributed by atoms with Gasteiger partial charge in [-0.05, 0) is 55.3 Å². The van der Waals surface area contributed by atoms with Gasteiger partial charge in [-0.1, -0.05) is 64.2 Å². The van der Waals surface area contributed by atoms with Gasteiger partial charge in [0.2, 0.25) is 0 Å². The Morgan fingerprint density at radius 3 is 2.56 bits per heavy atom. The van der Waals surface area contributed by atoms with Crippen molar-refractivity contribution in [3.8, 4) is 5.75 Å². The van der Waals surface area contributed by atoms with Crippen molar-refractivity contribution in [3.63, 3.8) is 0 Å². The van der Waals surface area contributed by atoms with Crippen LogP contribution in [0.4, 0.5) is 0 Å². The number of hydrogen-bond acceptors (Lipinski definition) is 6. The van der Waals surface area contributed by atoms with Crippen LogP contribution in [0.1, 0.15) is 31.0 Å². The highest BCUT2D eigenvalue weighted by molar-refractivity contribution is 9.10. The molecule has 6 nitrogen and oxygen atoms in total. The largest absolute Gasteiger partial charge is 0.490 e.